The van der Waals surface area contributed by atoms with Crippen molar-refractivity contribution in [1.29, 1.82) is 0 Å². The van der Waals surface area contributed by atoms with Crippen LogP contribution in [-0.2, 0) is 4.74 Å². The van der Waals surface area contributed by atoms with E-state index in [4.69, 9.17) is 4.74 Å². The summed E-state index contributed by atoms with van der Waals surface area (Å²) < 4.78 is 5.26. The summed E-state index contributed by atoms with van der Waals surface area (Å²) in [5.41, 5.74) is 0. The van der Waals surface area contributed by atoms with Crippen LogP contribution in [0.1, 0.15) is 19.3 Å². The minimum atomic E-state index is 0.212. The van der Waals surface area contributed by atoms with Gasteiger partial charge in [0.1, 0.15) is 6.23 Å². The summed E-state index contributed by atoms with van der Waals surface area (Å²) in [5.74, 6) is 0. The van der Waals surface area contributed by atoms with Crippen LogP contribution in [0.2, 0.25) is 0 Å². The Morgan fingerprint density at radius 3 is 2.75 bits per heavy atom. The summed E-state index contributed by atoms with van der Waals surface area (Å²) in [6.07, 6.45) is 3.83. The first-order valence-corrected chi connectivity index (χ1v) is 3.14. The van der Waals surface area contributed by atoms with E-state index in [1.807, 2.05) is 7.05 Å². The smallest absolute Gasteiger partial charge is 0.123 e. The van der Waals surface area contributed by atoms with Crippen molar-refractivity contribution < 1.29 is 4.74 Å². The van der Waals surface area contributed by atoms with Crippen LogP contribution in [0.4, 0.5) is 0 Å². The van der Waals surface area contributed by atoms with Gasteiger partial charge < -0.3 is 4.74 Å². The molecular weight excluding hydrogens is 102 g/mol. The third-order valence-electron chi connectivity index (χ3n) is 1.44. The van der Waals surface area contributed by atoms with E-state index in [1.54, 1.807) is 0 Å². The first-order chi connectivity index (χ1) is 3.93. The Balaban J connectivity index is 2.13. The molecule has 8 heavy (non-hydrogen) atoms. The molecule has 47 valence electrons. The van der Waals surface area contributed by atoms with Crippen molar-refractivity contribution in [3.8, 4) is 0 Å². The van der Waals surface area contributed by atoms with Crippen molar-refractivity contribution in [3.63, 3.8) is 0 Å². The maximum Gasteiger partial charge on any atom is 0.123 e. The molecule has 0 aromatic rings. The summed E-state index contributed by atoms with van der Waals surface area (Å²) in [5, 5.41) is 4.03. The number of rotatable bonds is 1. The van der Waals surface area contributed by atoms with Crippen molar-refractivity contribution >= 4 is 0 Å². The monoisotopic (exact) mass is 114 g/mol. The van der Waals surface area contributed by atoms with Crippen LogP contribution in [0.5, 0.6) is 0 Å². The Labute approximate surface area is 50.2 Å². The van der Waals surface area contributed by atoms with Gasteiger partial charge in [-0.15, -0.1) is 0 Å². The molecule has 1 saturated heterocycles. The standard InChI is InChI=1S/C6H12NO/c1-7-6-4-2-3-5-8-6/h6H,2-5H2,1H3. The lowest BCUT2D eigenvalue weighted by Crippen LogP contribution is -2.26. The second-order valence-corrected chi connectivity index (χ2v) is 2.08. The molecule has 2 heteroatoms. The first kappa shape index (κ1) is 6.05. The molecular formula is C6H12NO. The van der Waals surface area contributed by atoms with Crippen LogP contribution < -0.4 is 5.32 Å². The Bertz CT molecular complexity index is 59.5. The molecule has 0 spiro atoms. The number of nitrogens with zero attached hydrogens (tertiary/aromatic N) is 1. The van der Waals surface area contributed by atoms with Crippen molar-refractivity contribution in [1.82, 2.24) is 5.32 Å². The van der Waals surface area contributed by atoms with Gasteiger partial charge in [0.2, 0.25) is 0 Å². The summed E-state index contributed by atoms with van der Waals surface area (Å²) in [6, 6.07) is 0. The number of hydrogen-bond donors (Lipinski definition) is 0. The maximum absolute atomic E-state index is 5.26. The van der Waals surface area contributed by atoms with Crippen molar-refractivity contribution in [2.75, 3.05) is 13.7 Å². The largest absolute Gasteiger partial charge is 0.362 e. The van der Waals surface area contributed by atoms with Crippen LogP contribution in [0.3, 0.4) is 0 Å². The van der Waals surface area contributed by atoms with Gasteiger partial charge in [-0.25, -0.2) is 5.32 Å². The Kier molecular flexibility index (Phi) is 2.30. The minimum absolute atomic E-state index is 0.212. The zero-order chi connectivity index (χ0) is 5.82. The summed E-state index contributed by atoms with van der Waals surface area (Å²) in [6.45, 7) is 0.905. The molecule has 0 bridgehead atoms. The molecule has 0 aromatic heterocycles. The van der Waals surface area contributed by atoms with Crippen molar-refractivity contribution in [2.24, 2.45) is 0 Å². The van der Waals surface area contributed by atoms with Crippen LogP contribution >= 0.6 is 0 Å². The van der Waals surface area contributed by atoms with E-state index < -0.39 is 0 Å². The fraction of sp³-hybridized carbons (Fsp3) is 1.00. The zero-order valence-corrected chi connectivity index (χ0v) is 5.26. The summed E-state index contributed by atoms with van der Waals surface area (Å²) in [4.78, 5) is 0. The molecule has 0 N–H and O–H groups in total. The SMILES string of the molecule is C[N]C1CCCCO1. The van der Waals surface area contributed by atoms with E-state index in [2.05, 4.69) is 5.32 Å². The zero-order valence-electron chi connectivity index (χ0n) is 5.26. The van der Waals surface area contributed by atoms with Gasteiger partial charge in [0.05, 0.1) is 0 Å². The van der Waals surface area contributed by atoms with Gasteiger partial charge in [0.15, 0.2) is 0 Å². The topological polar surface area (TPSA) is 23.3 Å². The molecule has 0 aliphatic carbocycles. The maximum atomic E-state index is 5.26. The molecule has 0 aromatic carbocycles. The van der Waals surface area contributed by atoms with Crippen molar-refractivity contribution in [3.05, 3.63) is 0 Å². The van der Waals surface area contributed by atoms with E-state index in [0.717, 1.165) is 13.0 Å². The highest BCUT2D eigenvalue weighted by Gasteiger charge is 2.10. The fourth-order valence-electron chi connectivity index (χ4n) is 0.927. The molecule has 1 heterocycles. The second kappa shape index (κ2) is 3.05. The quantitative estimate of drug-likeness (QED) is 0.493. The third kappa shape index (κ3) is 1.46. The Morgan fingerprint density at radius 1 is 1.50 bits per heavy atom. The van der Waals surface area contributed by atoms with E-state index >= 15 is 0 Å². The first-order valence-electron chi connectivity index (χ1n) is 3.14. The lowest BCUT2D eigenvalue weighted by atomic mass is 10.2. The second-order valence-electron chi connectivity index (χ2n) is 2.08. The molecule has 1 atom stereocenters. The van der Waals surface area contributed by atoms with Crippen LogP contribution in [0, 0.1) is 0 Å². The summed E-state index contributed by atoms with van der Waals surface area (Å²) >= 11 is 0. The van der Waals surface area contributed by atoms with Crippen LogP contribution in [-0.4, -0.2) is 19.9 Å². The van der Waals surface area contributed by atoms with Crippen LogP contribution in [0.25, 0.3) is 0 Å². The lowest BCUT2D eigenvalue weighted by Gasteiger charge is -2.19. The van der Waals surface area contributed by atoms with Gasteiger partial charge in [0.25, 0.3) is 0 Å². The summed E-state index contributed by atoms with van der Waals surface area (Å²) in [7, 11) is 1.82. The molecule has 1 aliphatic heterocycles. The predicted molar refractivity (Wildman–Crippen MR) is 31.6 cm³/mol. The van der Waals surface area contributed by atoms with E-state index in [9.17, 15) is 0 Å². The van der Waals surface area contributed by atoms with Gasteiger partial charge in [-0.3, -0.25) is 0 Å². The molecule has 1 radical (unpaired) electrons. The van der Waals surface area contributed by atoms with Gasteiger partial charge in [-0.05, 0) is 19.3 Å². The Hall–Kier alpha value is -0.0800. The average Bonchev–Trinajstić information content (AvgIpc) is 1.90. The number of ether oxygens (including phenoxy) is 1. The van der Waals surface area contributed by atoms with Gasteiger partial charge in [-0.1, -0.05) is 0 Å². The van der Waals surface area contributed by atoms with E-state index in [-0.39, 0.29) is 6.23 Å². The molecule has 1 unspecified atom stereocenters. The van der Waals surface area contributed by atoms with E-state index in [1.165, 1.54) is 12.8 Å². The highest BCUT2D eigenvalue weighted by atomic mass is 16.5. The van der Waals surface area contributed by atoms with Gasteiger partial charge in [0, 0.05) is 13.7 Å². The van der Waals surface area contributed by atoms with E-state index in [0.29, 0.717) is 0 Å². The molecule has 2 nitrogen and oxygen atoms in total. The van der Waals surface area contributed by atoms with Crippen molar-refractivity contribution in [2.45, 2.75) is 25.5 Å². The molecule has 0 amide bonds. The average molecular weight is 114 g/mol. The minimum Gasteiger partial charge on any atom is -0.362 e. The Morgan fingerprint density at radius 2 is 2.38 bits per heavy atom. The molecule has 0 saturated carbocycles. The van der Waals surface area contributed by atoms with Gasteiger partial charge in [-0.2, -0.15) is 0 Å². The normalized spacial score (nSPS) is 30.4. The molecule has 1 fully saturated rings. The highest BCUT2D eigenvalue weighted by Crippen LogP contribution is 2.09. The highest BCUT2D eigenvalue weighted by molar-refractivity contribution is 4.57. The van der Waals surface area contributed by atoms with Gasteiger partial charge >= 0.3 is 0 Å². The van der Waals surface area contributed by atoms with Crippen LogP contribution in [0.15, 0.2) is 0 Å². The molecule has 1 rings (SSSR count). The lowest BCUT2D eigenvalue weighted by molar-refractivity contribution is -0.00264. The molecule has 1 aliphatic rings. The predicted octanol–water partition coefficient (Wildman–Crippen LogP) is 0.747. The third-order valence-corrected chi connectivity index (χ3v) is 1.44. The fourth-order valence-corrected chi connectivity index (χ4v) is 0.927. The number of hydrogen-bond acceptors (Lipinski definition) is 1.